The quantitative estimate of drug-likeness (QED) is 0.370. The van der Waals surface area contributed by atoms with Gasteiger partial charge in [-0.05, 0) is 35.4 Å². The van der Waals surface area contributed by atoms with E-state index in [4.69, 9.17) is 4.42 Å². The number of nitrogens with zero attached hydrogens (tertiary/aromatic N) is 1. The lowest BCUT2D eigenvalue weighted by molar-refractivity contribution is -0.659. The van der Waals surface area contributed by atoms with Gasteiger partial charge in [-0.2, -0.15) is 0 Å². The molecule has 0 spiro atoms. The van der Waals surface area contributed by atoms with Crippen LogP contribution in [0.25, 0.3) is 44.0 Å². The van der Waals surface area contributed by atoms with Crippen LogP contribution in [-0.2, 0) is 7.05 Å². The van der Waals surface area contributed by atoms with Crippen LogP contribution in [-0.4, -0.2) is 0 Å². The summed E-state index contributed by atoms with van der Waals surface area (Å²) in [5.74, 6) is 0. The van der Waals surface area contributed by atoms with Gasteiger partial charge in [0.15, 0.2) is 6.20 Å². The minimum atomic E-state index is 0.933. The zero-order chi connectivity index (χ0) is 17.0. The van der Waals surface area contributed by atoms with E-state index in [1.165, 1.54) is 27.3 Å². The van der Waals surface area contributed by atoms with E-state index in [1.807, 2.05) is 0 Å². The van der Waals surface area contributed by atoms with Gasteiger partial charge in [0.1, 0.15) is 18.2 Å². The number of furan rings is 1. The molecule has 3 aromatic carbocycles. The molecule has 0 aliphatic heterocycles. The fourth-order valence-electron chi connectivity index (χ4n) is 3.76. The Balaban J connectivity index is 1.89. The summed E-state index contributed by atoms with van der Waals surface area (Å²) in [5.41, 5.74) is 5.53. The van der Waals surface area contributed by atoms with Gasteiger partial charge >= 0.3 is 0 Å². The van der Waals surface area contributed by atoms with E-state index in [0.29, 0.717) is 0 Å². The first-order valence-electron chi connectivity index (χ1n) is 8.52. The molecule has 0 atom stereocenters. The van der Waals surface area contributed by atoms with Crippen molar-refractivity contribution in [1.82, 2.24) is 0 Å². The Kier molecular flexibility index (Phi) is 2.95. The standard InChI is InChI=1S/C23H18NO/c1-15-7-3-5-9-17(15)20-13-22-19(14-24(20)2)23-18-10-6-4-8-16(18)11-12-21(23)25-22/h3-14H,1-2H3/q+1. The van der Waals surface area contributed by atoms with E-state index < -0.39 is 0 Å². The van der Waals surface area contributed by atoms with Crippen molar-refractivity contribution < 1.29 is 8.98 Å². The number of pyridine rings is 1. The molecule has 0 N–H and O–H groups in total. The Bertz CT molecular complexity index is 1260. The van der Waals surface area contributed by atoms with Gasteiger partial charge in [-0.15, -0.1) is 0 Å². The smallest absolute Gasteiger partial charge is 0.216 e. The molecule has 25 heavy (non-hydrogen) atoms. The Labute approximate surface area is 145 Å². The highest BCUT2D eigenvalue weighted by Gasteiger charge is 2.19. The highest BCUT2D eigenvalue weighted by Crippen LogP contribution is 2.35. The van der Waals surface area contributed by atoms with Crippen LogP contribution in [0.1, 0.15) is 5.56 Å². The van der Waals surface area contributed by atoms with E-state index in [0.717, 1.165) is 22.2 Å². The zero-order valence-corrected chi connectivity index (χ0v) is 14.3. The lowest BCUT2D eigenvalue weighted by Gasteiger charge is -2.04. The van der Waals surface area contributed by atoms with Crippen molar-refractivity contribution in [2.75, 3.05) is 0 Å². The predicted molar refractivity (Wildman–Crippen MR) is 103 cm³/mol. The zero-order valence-electron chi connectivity index (χ0n) is 14.3. The highest BCUT2D eigenvalue weighted by molar-refractivity contribution is 6.18. The third kappa shape index (κ3) is 2.07. The van der Waals surface area contributed by atoms with Gasteiger partial charge in [0.2, 0.25) is 5.69 Å². The Hall–Kier alpha value is -3.13. The summed E-state index contributed by atoms with van der Waals surface area (Å²) in [6.07, 6.45) is 2.19. The maximum atomic E-state index is 6.20. The Morgan fingerprint density at radius 2 is 1.60 bits per heavy atom. The van der Waals surface area contributed by atoms with E-state index >= 15 is 0 Å². The maximum absolute atomic E-state index is 6.20. The topological polar surface area (TPSA) is 17.0 Å². The molecule has 0 amide bonds. The monoisotopic (exact) mass is 324 g/mol. The van der Waals surface area contributed by atoms with Crippen molar-refractivity contribution >= 4 is 32.7 Å². The minimum Gasteiger partial charge on any atom is -0.456 e. The summed E-state index contributed by atoms with van der Waals surface area (Å²) < 4.78 is 8.40. The molecule has 0 radical (unpaired) electrons. The van der Waals surface area contributed by atoms with Crippen molar-refractivity contribution in [3.8, 4) is 11.3 Å². The van der Waals surface area contributed by atoms with Gasteiger partial charge in [-0.3, -0.25) is 0 Å². The molecular weight excluding hydrogens is 306 g/mol. The molecule has 0 bridgehead atoms. The molecule has 5 aromatic rings. The number of fused-ring (bicyclic) bond motifs is 5. The van der Waals surface area contributed by atoms with Gasteiger partial charge in [-0.1, -0.05) is 48.5 Å². The average molecular weight is 324 g/mol. The van der Waals surface area contributed by atoms with Crippen LogP contribution in [0.4, 0.5) is 0 Å². The van der Waals surface area contributed by atoms with E-state index in [9.17, 15) is 0 Å². The first-order chi connectivity index (χ1) is 12.2. The fourth-order valence-corrected chi connectivity index (χ4v) is 3.76. The van der Waals surface area contributed by atoms with Gasteiger partial charge < -0.3 is 4.42 Å². The molecule has 0 aliphatic rings. The number of hydrogen-bond donors (Lipinski definition) is 0. The molecule has 2 heteroatoms. The van der Waals surface area contributed by atoms with Crippen LogP contribution in [0, 0.1) is 6.92 Å². The van der Waals surface area contributed by atoms with Crippen LogP contribution < -0.4 is 4.57 Å². The summed E-state index contributed by atoms with van der Waals surface area (Å²) in [5, 5.41) is 4.83. The van der Waals surface area contributed by atoms with Crippen molar-refractivity contribution in [2.45, 2.75) is 6.92 Å². The van der Waals surface area contributed by atoms with Crippen LogP contribution in [0.3, 0.4) is 0 Å². The summed E-state index contributed by atoms with van der Waals surface area (Å²) in [6, 6.07) is 23.3. The summed E-state index contributed by atoms with van der Waals surface area (Å²) in [4.78, 5) is 0. The van der Waals surface area contributed by atoms with E-state index in [2.05, 4.69) is 91.5 Å². The minimum absolute atomic E-state index is 0.933. The normalized spacial score (nSPS) is 11.6. The summed E-state index contributed by atoms with van der Waals surface area (Å²) in [6.45, 7) is 2.14. The Morgan fingerprint density at radius 1 is 0.800 bits per heavy atom. The molecule has 5 rings (SSSR count). The van der Waals surface area contributed by atoms with Crippen molar-refractivity contribution in [3.05, 3.63) is 78.5 Å². The van der Waals surface area contributed by atoms with Crippen LogP contribution >= 0.6 is 0 Å². The second kappa shape index (κ2) is 5.18. The van der Waals surface area contributed by atoms with Crippen molar-refractivity contribution in [1.29, 1.82) is 0 Å². The number of hydrogen-bond acceptors (Lipinski definition) is 1. The predicted octanol–water partition coefficient (Wildman–Crippen LogP) is 5.54. The Morgan fingerprint density at radius 3 is 2.48 bits per heavy atom. The molecule has 2 heterocycles. The van der Waals surface area contributed by atoms with E-state index in [-0.39, 0.29) is 0 Å². The first kappa shape index (κ1) is 14.2. The second-order valence-electron chi connectivity index (χ2n) is 6.62. The second-order valence-corrected chi connectivity index (χ2v) is 6.62. The molecule has 2 aromatic heterocycles. The van der Waals surface area contributed by atoms with Crippen LogP contribution in [0.5, 0.6) is 0 Å². The fraction of sp³-hybridized carbons (Fsp3) is 0.0870. The number of aromatic nitrogens is 1. The average Bonchev–Trinajstić information content (AvgIpc) is 2.99. The summed E-state index contributed by atoms with van der Waals surface area (Å²) >= 11 is 0. The van der Waals surface area contributed by atoms with Crippen LogP contribution in [0.15, 0.2) is 77.3 Å². The first-order valence-corrected chi connectivity index (χ1v) is 8.52. The maximum Gasteiger partial charge on any atom is 0.216 e. The number of aryl methyl sites for hydroxylation is 2. The third-order valence-electron chi connectivity index (χ3n) is 5.04. The van der Waals surface area contributed by atoms with Gasteiger partial charge in [0.25, 0.3) is 0 Å². The van der Waals surface area contributed by atoms with Crippen molar-refractivity contribution in [2.24, 2.45) is 7.05 Å². The molecular formula is C23H18NO+. The third-order valence-corrected chi connectivity index (χ3v) is 5.04. The molecule has 0 saturated carbocycles. The summed E-state index contributed by atoms with van der Waals surface area (Å²) in [7, 11) is 2.10. The number of benzene rings is 3. The lowest BCUT2D eigenvalue weighted by Crippen LogP contribution is -2.30. The van der Waals surface area contributed by atoms with Gasteiger partial charge in [-0.25, -0.2) is 4.57 Å². The molecule has 0 unspecified atom stereocenters. The van der Waals surface area contributed by atoms with Crippen molar-refractivity contribution in [3.63, 3.8) is 0 Å². The SMILES string of the molecule is Cc1ccccc1-c1cc2oc3ccc4ccccc4c3c2c[n+]1C. The van der Waals surface area contributed by atoms with E-state index in [1.54, 1.807) is 0 Å². The van der Waals surface area contributed by atoms with Crippen LogP contribution in [0.2, 0.25) is 0 Å². The molecule has 0 saturated heterocycles. The largest absolute Gasteiger partial charge is 0.456 e. The molecule has 0 fully saturated rings. The van der Waals surface area contributed by atoms with Gasteiger partial charge in [0, 0.05) is 10.9 Å². The molecule has 0 aliphatic carbocycles. The lowest BCUT2D eigenvalue weighted by atomic mass is 10.0. The number of rotatable bonds is 1. The highest BCUT2D eigenvalue weighted by atomic mass is 16.3. The van der Waals surface area contributed by atoms with Gasteiger partial charge in [0.05, 0.1) is 11.5 Å². The molecule has 2 nitrogen and oxygen atoms in total. The molecule has 120 valence electrons.